The molecule has 0 aliphatic carbocycles. The van der Waals surface area contributed by atoms with E-state index < -0.39 is 17.8 Å². The molecule has 1 N–H and O–H groups in total. The smallest absolute Gasteiger partial charge is 0.416 e. The van der Waals surface area contributed by atoms with E-state index in [-0.39, 0.29) is 19.0 Å². The Labute approximate surface area is 191 Å². The van der Waals surface area contributed by atoms with Gasteiger partial charge in [0.2, 0.25) is 0 Å². The highest BCUT2D eigenvalue weighted by Crippen LogP contribution is 2.32. The quantitative estimate of drug-likeness (QED) is 0.564. The summed E-state index contributed by atoms with van der Waals surface area (Å²) in [7, 11) is 0. The minimum Gasteiger partial charge on any atom is -0.490 e. The fraction of sp³-hybridized carbons (Fsp3) is 0.333. The van der Waals surface area contributed by atoms with Crippen LogP contribution in [-0.2, 0) is 6.18 Å². The average molecular weight is 467 g/mol. The van der Waals surface area contributed by atoms with E-state index in [0.29, 0.717) is 38.4 Å². The molecule has 3 aromatic rings. The lowest BCUT2D eigenvalue weighted by Crippen LogP contribution is -2.49. The molecule has 172 valence electrons. The van der Waals surface area contributed by atoms with Gasteiger partial charge in [0.25, 0.3) is 0 Å². The van der Waals surface area contributed by atoms with Crippen LogP contribution < -0.4 is 9.64 Å². The van der Waals surface area contributed by atoms with Crippen molar-refractivity contribution in [1.29, 1.82) is 0 Å². The van der Waals surface area contributed by atoms with Gasteiger partial charge in [0.05, 0.1) is 5.56 Å². The van der Waals surface area contributed by atoms with Crippen LogP contribution in [0.5, 0.6) is 5.75 Å². The first-order chi connectivity index (χ1) is 14.9. The zero-order valence-corrected chi connectivity index (χ0v) is 18.3. The predicted octanol–water partition coefficient (Wildman–Crippen LogP) is 4.84. The number of halogens is 4. The molecule has 1 unspecified atom stereocenters. The Morgan fingerprint density at radius 3 is 2.34 bits per heavy atom. The van der Waals surface area contributed by atoms with Crippen LogP contribution in [0.2, 0.25) is 0 Å². The molecule has 0 amide bonds. The second-order valence-electron chi connectivity index (χ2n) is 7.78. The first-order valence-electron chi connectivity index (χ1n) is 10.3. The van der Waals surface area contributed by atoms with Gasteiger partial charge in [0.1, 0.15) is 18.5 Å². The monoisotopic (exact) mass is 466 g/mol. The van der Waals surface area contributed by atoms with Gasteiger partial charge in [-0.3, -0.25) is 4.90 Å². The van der Waals surface area contributed by atoms with E-state index in [0.717, 1.165) is 22.6 Å². The second kappa shape index (κ2) is 10.4. The van der Waals surface area contributed by atoms with Crippen LogP contribution in [-0.4, -0.2) is 55.4 Å². The number of hydrogen-bond donors (Lipinski definition) is 1. The highest BCUT2D eigenvalue weighted by atomic mass is 35.5. The summed E-state index contributed by atoms with van der Waals surface area (Å²) in [5.74, 6) is 0.742. The molecule has 0 spiro atoms. The third-order valence-corrected chi connectivity index (χ3v) is 5.56. The first-order valence-corrected chi connectivity index (χ1v) is 10.3. The zero-order chi connectivity index (χ0) is 21.8. The third-order valence-electron chi connectivity index (χ3n) is 5.56. The largest absolute Gasteiger partial charge is 0.490 e. The summed E-state index contributed by atoms with van der Waals surface area (Å²) >= 11 is 0. The van der Waals surface area contributed by atoms with Gasteiger partial charge < -0.3 is 14.7 Å². The molecule has 32 heavy (non-hydrogen) atoms. The van der Waals surface area contributed by atoms with Crippen LogP contribution in [0.3, 0.4) is 0 Å². The first kappa shape index (κ1) is 24.2. The summed E-state index contributed by atoms with van der Waals surface area (Å²) in [5, 5.41) is 12.5. The number of piperazine rings is 1. The third kappa shape index (κ3) is 5.85. The van der Waals surface area contributed by atoms with Gasteiger partial charge in [-0.2, -0.15) is 13.2 Å². The van der Waals surface area contributed by atoms with Crippen molar-refractivity contribution in [2.75, 3.05) is 44.2 Å². The molecule has 4 rings (SSSR count). The molecule has 0 saturated carbocycles. The molecule has 1 fully saturated rings. The summed E-state index contributed by atoms with van der Waals surface area (Å²) in [6, 6.07) is 19.2. The number of rotatable bonds is 6. The molecular formula is C24H26ClF3N2O2. The van der Waals surface area contributed by atoms with E-state index in [9.17, 15) is 18.3 Å². The molecule has 1 saturated heterocycles. The van der Waals surface area contributed by atoms with E-state index in [4.69, 9.17) is 4.74 Å². The zero-order valence-electron chi connectivity index (χ0n) is 17.5. The number of benzene rings is 3. The topological polar surface area (TPSA) is 35.9 Å². The van der Waals surface area contributed by atoms with E-state index >= 15 is 0 Å². The van der Waals surface area contributed by atoms with E-state index in [1.165, 1.54) is 12.1 Å². The van der Waals surface area contributed by atoms with Crippen molar-refractivity contribution in [3.63, 3.8) is 0 Å². The van der Waals surface area contributed by atoms with Crippen LogP contribution in [0.4, 0.5) is 18.9 Å². The van der Waals surface area contributed by atoms with E-state index in [1.54, 1.807) is 6.07 Å². The standard InChI is InChI=1S/C24H25F3N2O2.ClH/c25-24(26,27)19-7-4-8-20(15-19)29-13-11-28(12-14-29)16-21(30)17-31-23-10-3-6-18-5-1-2-9-22(18)23;/h1-10,15,21,30H,11-14,16-17H2;1H. The maximum absolute atomic E-state index is 13.0. The Morgan fingerprint density at radius 2 is 1.59 bits per heavy atom. The lowest BCUT2D eigenvalue weighted by atomic mass is 10.1. The minimum atomic E-state index is -4.34. The molecule has 0 radical (unpaired) electrons. The van der Waals surface area contributed by atoms with Gasteiger partial charge in [0, 0.05) is 43.8 Å². The molecule has 1 heterocycles. The molecule has 8 heteroatoms. The number of aliphatic hydroxyl groups is 1. The molecule has 1 atom stereocenters. The van der Waals surface area contributed by atoms with E-state index in [1.807, 2.05) is 47.4 Å². The van der Waals surface area contributed by atoms with Crippen LogP contribution in [0.15, 0.2) is 66.7 Å². The maximum atomic E-state index is 13.0. The fourth-order valence-electron chi connectivity index (χ4n) is 3.93. The van der Waals surface area contributed by atoms with Crippen molar-refractivity contribution in [3.8, 4) is 5.75 Å². The molecular weight excluding hydrogens is 441 g/mol. The summed E-state index contributed by atoms with van der Waals surface area (Å²) in [4.78, 5) is 4.06. The lowest BCUT2D eigenvalue weighted by molar-refractivity contribution is -0.137. The highest BCUT2D eigenvalue weighted by Gasteiger charge is 2.31. The SMILES string of the molecule is Cl.OC(COc1cccc2ccccc12)CN1CCN(c2cccc(C(F)(F)F)c2)CC1. The van der Waals surface area contributed by atoms with Crippen molar-refractivity contribution in [1.82, 2.24) is 4.90 Å². The van der Waals surface area contributed by atoms with Crippen molar-refractivity contribution in [2.45, 2.75) is 12.3 Å². The van der Waals surface area contributed by atoms with E-state index in [2.05, 4.69) is 4.90 Å². The number of ether oxygens (including phenoxy) is 1. The summed E-state index contributed by atoms with van der Waals surface area (Å²) in [6.07, 6.45) is -4.99. The number of β-amino-alcohol motifs (C(OH)–C–C–N with tert-alkyl or cyclic N) is 1. The van der Waals surface area contributed by atoms with Crippen molar-refractivity contribution >= 4 is 28.9 Å². The fourth-order valence-corrected chi connectivity index (χ4v) is 3.93. The summed E-state index contributed by atoms with van der Waals surface area (Å²) in [6.45, 7) is 3.20. The molecule has 1 aliphatic rings. The van der Waals surface area contributed by atoms with Crippen LogP contribution in [0, 0.1) is 0 Å². The van der Waals surface area contributed by atoms with Gasteiger partial charge in [-0.05, 0) is 29.7 Å². The van der Waals surface area contributed by atoms with Gasteiger partial charge in [-0.25, -0.2) is 0 Å². The van der Waals surface area contributed by atoms with Crippen molar-refractivity contribution in [2.24, 2.45) is 0 Å². The van der Waals surface area contributed by atoms with Crippen LogP contribution in [0.25, 0.3) is 10.8 Å². The second-order valence-corrected chi connectivity index (χ2v) is 7.78. The van der Waals surface area contributed by atoms with Crippen LogP contribution >= 0.6 is 12.4 Å². The Kier molecular flexibility index (Phi) is 7.87. The van der Waals surface area contributed by atoms with Crippen molar-refractivity contribution in [3.05, 3.63) is 72.3 Å². The molecule has 4 nitrogen and oxygen atoms in total. The Hall–Kier alpha value is -2.48. The summed E-state index contributed by atoms with van der Waals surface area (Å²) < 4.78 is 44.7. The number of nitrogens with zero attached hydrogens (tertiary/aromatic N) is 2. The average Bonchev–Trinajstić information content (AvgIpc) is 2.78. The van der Waals surface area contributed by atoms with Gasteiger partial charge in [-0.15, -0.1) is 12.4 Å². The van der Waals surface area contributed by atoms with Crippen molar-refractivity contribution < 1.29 is 23.0 Å². The molecule has 0 aromatic heterocycles. The van der Waals surface area contributed by atoms with Gasteiger partial charge >= 0.3 is 6.18 Å². The number of fused-ring (bicyclic) bond motifs is 1. The van der Waals surface area contributed by atoms with Gasteiger partial charge in [-0.1, -0.05) is 42.5 Å². The van der Waals surface area contributed by atoms with Crippen LogP contribution in [0.1, 0.15) is 5.56 Å². The molecule has 0 bridgehead atoms. The maximum Gasteiger partial charge on any atom is 0.416 e. The minimum absolute atomic E-state index is 0. The predicted molar refractivity (Wildman–Crippen MR) is 123 cm³/mol. The highest BCUT2D eigenvalue weighted by molar-refractivity contribution is 5.88. The Morgan fingerprint density at radius 1 is 0.906 bits per heavy atom. The molecule has 3 aromatic carbocycles. The van der Waals surface area contributed by atoms with Gasteiger partial charge in [0.15, 0.2) is 0 Å². The Bertz CT molecular complexity index is 1020. The molecule has 1 aliphatic heterocycles. The normalized spacial score (nSPS) is 15.9. The summed E-state index contributed by atoms with van der Waals surface area (Å²) in [5.41, 5.74) is -0.0530. The lowest BCUT2D eigenvalue weighted by Gasteiger charge is -2.37. The number of alkyl halides is 3. The Balaban J connectivity index is 0.00000289. The number of aliphatic hydroxyl groups excluding tert-OH is 1. The number of anilines is 1. The number of hydrogen-bond acceptors (Lipinski definition) is 4.